The van der Waals surface area contributed by atoms with Crippen molar-refractivity contribution in [2.45, 2.75) is 58.5 Å². The minimum atomic E-state index is -0.459. The highest BCUT2D eigenvalue weighted by molar-refractivity contribution is 5.75. The zero-order valence-electron chi connectivity index (χ0n) is 17.0. The Balaban J connectivity index is 1.84. The van der Waals surface area contributed by atoms with E-state index in [9.17, 15) is 4.79 Å². The fourth-order valence-corrected chi connectivity index (χ4v) is 3.12. The number of benzene rings is 2. The molecule has 144 valence electrons. The second-order valence-corrected chi connectivity index (χ2v) is 7.86. The molecular formula is C24H32N2O. The van der Waals surface area contributed by atoms with Gasteiger partial charge in [-0.1, -0.05) is 60.7 Å². The lowest BCUT2D eigenvalue weighted by atomic mass is 9.92. The van der Waals surface area contributed by atoms with Gasteiger partial charge in [0.15, 0.2) is 0 Å². The highest BCUT2D eigenvalue weighted by Crippen LogP contribution is 2.23. The van der Waals surface area contributed by atoms with E-state index in [4.69, 9.17) is 0 Å². The maximum Gasteiger partial charge on any atom is 0.315 e. The lowest BCUT2D eigenvalue weighted by molar-refractivity contribution is 0.226. The summed E-state index contributed by atoms with van der Waals surface area (Å²) in [4.78, 5) is 12.5. The third-order valence-electron chi connectivity index (χ3n) is 4.83. The van der Waals surface area contributed by atoms with Crippen molar-refractivity contribution >= 4 is 11.6 Å². The topological polar surface area (TPSA) is 41.1 Å². The third-order valence-corrected chi connectivity index (χ3v) is 4.83. The molecule has 0 radical (unpaired) electrons. The van der Waals surface area contributed by atoms with E-state index in [-0.39, 0.29) is 12.1 Å². The van der Waals surface area contributed by atoms with Crippen LogP contribution in [0.2, 0.25) is 0 Å². The molecule has 0 aliphatic heterocycles. The van der Waals surface area contributed by atoms with Gasteiger partial charge in [-0.3, -0.25) is 0 Å². The molecule has 3 nitrogen and oxygen atoms in total. The molecule has 0 aliphatic rings. The smallest absolute Gasteiger partial charge is 0.315 e. The van der Waals surface area contributed by atoms with Crippen LogP contribution in [0.5, 0.6) is 0 Å². The van der Waals surface area contributed by atoms with Crippen LogP contribution in [0.25, 0.3) is 5.57 Å². The van der Waals surface area contributed by atoms with Crippen molar-refractivity contribution in [2.75, 3.05) is 0 Å². The number of hydrogen-bond donors (Lipinski definition) is 2. The Morgan fingerprint density at radius 3 is 2.48 bits per heavy atom. The summed E-state index contributed by atoms with van der Waals surface area (Å²) in [6.45, 7) is 12.1. The van der Waals surface area contributed by atoms with Gasteiger partial charge in [-0.05, 0) is 69.7 Å². The predicted octanol–water partition coefficient (Wildman–Crippen LogP) is 5.67. The Labute approximate surface area is 163 Å². The first-order valence-electron chi connectivity index (χ1n) is 9.67. The molecule has 0 saturated carbocycles. The normalized spacial score (nSPS) is 12.3. The van der Waals surface area contributed by atoms with E-state index in [0.29, 0.717) is 0 Å². The van der Waals surface area contributed by atoms with Crippen molar-refractivity contribution in [2.24, 2.45) is 0 Å². The quantitative estimate of drug-likeness (QED) is 0.623. The average molecular weight is 365 g/mol. The van der Waals surface area contributed by atoms with Crippen LogP contribution in [-0.2, 0) is 12.0 Å². The Bertz CT molecular complexity index is 765. The molecule has 0 heterocycles. The van der Waals surface area contributed by atoms with Crippen LogP contribution >= 0.6 is 0 Å². The molecule has 2 aromatic carbocycles. The number of carbonyl (C=O) groups is 1. The maximum atomic E-state index is 12.5. The van der Waals surface area contributed by atoms with Crippen LogP contribution in [0.4, 0.5) is 4.79 Å². The molecule has 0 aromatic heterocycles. The van der Waals surface area contributed by atoms with E-state index in [1.54, 1.807) is 0 Å². The van der Waals surface area contributed by atoms with Crippen molar-refractivity contribution in [3.05, 3.63) is 77.9 Å². The van der Waals surface area contributed by atoms with Crippen molar-refractivity contribution in [3.8, 4) is 0 Å². The molecule has 2 N–H and O–H groups in total. The molecule has 0 unspecified atom stereocenters. The summed E-state index contributed by atoms with van der Waals surface area (Å²) in [5.74, 6) is 0. The molecule has 2 amide bonds. The second-order valence-electron chi connectivity index (χ2n) is 7.86. The SMILES string of the molecule is C=C(C)c1cccc(C(C)(C)NC(=O)N[C@H](C)CCCc2ccccc2)c1. The second kappa shape index (κ2) is 9.40. The number of urea groups is 1. The van der Waals surface area contributed by atoms with Crippen molar-refractivity contribution in [3.63, 3.8) is 0 Å². The Morgan fingerprint density at radius 2 is 1.81 bits per heavy atom. The largest absolute Gasteiger partial charge is 0.336 e. The number of carbonyl (C=O) groups excluding carboxylic acids is 1. The summed E-state index contributed by atoms with van der Waals surface area (Å²) in [7, 11) is 0. The number of rotatable bonds is 8. The zero-order valence-corrected chi connectivity index (χ0v) is 17.0. The number of amides is 2. The summed E-state index contributed by atoms with van der Waals surface area (Å²) in [5, 5.41) is 6.16. The highest BCUT2D eigenvalue weighted by Gasteiger charge is 2.23. The predicted molar refractivity (Wildman–Crippen MR) is 115 cm³/mol. The van der Waals surface area contributed by atoms with Gasteiger partial charge in [0, 0.05) is 6.04 Å². The van der Waals surface area contributed by atoms with Gasteiger partial charge in [-0.15, -0.1) is 0 Å². The molecule has 0 bridgehead atoms. The van der Waals surface area contributed by atoms with Crippen LogP contribution < -0.4 is 10.6 Å². The summed E-state index contributed by atoms with van der Waals surface area (Å²) < 4.78 is 0. The van der Waals surface area contributed by atoms with E-state index >= 15 is 0 Å². The Hall–Kier alpha value is -2.55. The molecule has 3 heteroatoms. The van der Waals surface area contributed by atoms with Crippen LogP contribution in [0.1, 0.15) is 57.2 Å². The van der Waals surface area contributed by atoms with Gasteiger partial charge in [0.1, 0.15) is 0 Å². The third kappa shape index (κ3) is 6.59. The van der Waals surface area contributed by atoms with Crippen LogP contribution in [0, 0.1) is 0 Å². The minimum Gasteiger partial charge on any atom is -0.336 e. The monoisotopic (exact) mass is 364 g/mol. The lowest BCUT2D eigenvalue weighted by Crippen LogP contribution is -2.48. The summed E-state index contributed by atoms with van der Waals surface area (Å²) in [6, 6.07) is 18.6. The van der Waals surface area contributed by atoms with Crippen LogP contribution in [0.15, 0.2) is 61.2 Å². The molecule has 0 aliphatic carbocycles. The van der Waals surface area contributed by atoms with Gasteiger partial charge in [0.2, 0.25) is 0 Å². The number of allylic oxidation sites excluding steroid dienone is 1. The van der Waals surface area contributed by atoms with Crippen LogP contribution in [-0.4, -0.2) is 12.1 Å². The van der Waals surface area contributed by atoms with E-state index in [1.165, 1.54) is 5.56 Å². The fourth-order valence-electron chi connectivity index (χ4n) is 3.12. The van der Waals surface area contributed by atoms with Gasteiger partial charge >= 0.3 is 6.03 Å². The van der Waals surface area contributed by atoms with Crippen molar-refractivity contribution in [1.29, 1.82) is 0 Å². The van der Waals surface area contributed by atoms with E-state index in [0.717, 1.165) is 36.0 Å². The molecule has 2 aromatic rings. The molecule has 2 rings (SSSR count). The fraction of sp³-hybridized carbons (Fsp3) is 0.375. The van der Waals surface area contributed by atoms with E-state index in [1.807, 2.05) is 45.0 Å². The first-order valence-corrected chi connectivity index (χ1v) is 9.67. The van der Waals surface area contributed by atoms with Gasteiger partial charge in [0.25, 0.3) is 0 Å². The number of nitrogens with one attached hydrogen (secondary N) is 2. The van der Waals surface area contributed by atoms with Crippen molar-refractivity contribution in [1.82, 2.24) is 10.6 Å². The average Bonchev–Trinajstić information content (AvgIpc) is 2.62. The molecule has 0 fully saturated rings. The summed E-state index contributed by atoms with van der Waals surface area (Å²) in [6.07, 6.45) is 3.04. The van der Waals surface area contributed by atoms with E-state index < -0.39 is 5.54 Å². The summed E-state index contributed by atoms with van der Waals surface area (Å²) in [5.41, 5.74) is 4.06. The molecule has 0 spiro atoms. The Kier molecular flexibility index (Phi) is 7.23. The van der Waals surface area contributed by atoms with Crippen molar-refractivity contribution < 1.29 is 4.79 Å². The van der Waals surface area contributed by atoms with Gasteiger partial charge < -0.3 is 10.6 Å². The first-order chi connectivity index (χ1) is 12.8. The molecule has 0 saturated heterocycles. The Morgan fingerprint density at radius 1 is 1.11 bits per heavy atom. The highest BCUT2D eigenvalue weighted by atomic mass is 16.2. The van der Waals surface area contributed by atoms with Crippen LogP contribution in [0.3, 0.4) is 0 Å². The summed E-state index contributed by atoms with van der Waals surface area (Å²) >= 11 is 0. The zero-order chi connectivity index (χ0) is 19.9. The van der Waals surface area contributed by atoms with E-state index in [2.05, 4.69) is 54.5 Å². The first kappa shape index (κ1) is 20.8. The van der Waals surface area contributed by atoms with Gasteiger partial charge in [-0.25, -0.2) is 4.79 Å². The minimum absolute atomic E-state index is 0.131. The van der Waals surface area contributed by atoms with Gasteiger partial charge in [-0.2, -0.15) is 0 Å². The molecule has 27 heavy (non-hydrogen) atoms. The number of hydrogen-bond acceptors (Lipinski definition) is 1. The lowest BCUT2D eigenvalue weighted by Gasteiger charge is -2.28. The molecular weight excluding hydrogens is 332 g/mol. The van der Waals surface area contributed by atoms with Gasteiger partial charge in [0.05, 0.1) is 5.54 Å². The number of aryl methyl sites for hydroxylation is 1. The standard InChI is InChI=1S/C24H32N2O/c1-18(2)21-15-10-16-22(17-21)24(4,5)26-23(27)25-19(3)11-9-14-20-12-7-6-8-13-20/h6-8,10,12-13,15-17,19H,1,9,11,14H2,2-5H3,(H2,25,26,27)/t19-/m1/s1. The molecule has 1 atom stereocenters. The maximum absolute atomic E-state index is 12.5.